The van der Waals surface area contributed by atoms with Crippen LogP contribution in [0.3, 0.4) is 0 Å². The quantitative estimate of drug-likeness (QED) is 0.723. The summed E-state index contributed by atoms with van der Waals surface area (Å²) in [5, 5.41) is 3.53. The van der Waals surface area contributed by atoms with E-state index in [9.17, 15) is 18.0 Å². The fraction of sp³-hybridized carbons (Fsp3) is 0.545. The van der Waals surface area contributed by atoms with E-state index in [2.05, 4.69) is 20.1 Å². The highest BCUT2D eigenvalue weighted by Crippen LogP contribution is 2.30. The lowest BCUT2D eigenvalue weighted by atomic mass is 10.0. The summed E-state index contributed by atoms with van der Waals surface area (Å²) in [7, 11) is 0. The van der Waals surface area contributed by atoms with Gasteiger partial charge in [0.2, 0.25) is 0 Å². The van der Waals surface area contributed by atoms with Crippen LogP contribution in [0.5, 0.6) is 0 Å². The average molecular weight is 453 g/mol. The van der Waals surface area contributed by atoms with Crippen molar-refractivity contribution in [3.05, 3.63) is 46.5 Å². The molecule has 0 bridgehead atoms. The summed E-state index contributed by atoms with van der Waals surface area (Å²) >= 11 is 1.34. The van der Waals surface area contributed by atoms with Gasteiger partial charge in [0.1, 0.15) is 4.88 Å². The molecule has 1 amide bonds. The Kier molecular flexibility index (Phi) is 6.81. The lowest BCUT2D eigenvalue weighted by molar-refractivity contribution is -0.137. The predicted molar refractivity (Wildman–Crippen MR) is 115 cm³/mol. The molecule has 0 atom stereocenters. The Hall–Kier alpha value is -2.13. The van der Waals surface area contributed by atoms with E-state index in [4.69, 9.17) is 0 Å². The van der Waals surface area contributed by atoms with E-state index in [1.807, 2.05) is 0 Å². The summed E-state index contributed by atoms with van der Waals surface area (Å²) < 4.78 is 38.5. The molecular formula is C22H27F3N4OS. The Morgan fingerprint density at radius 3 is 2.58 bits per heavy atom. The van der Waals surface area contributed by atoms with Crippen LogP contribution in [-0.4, -0.2) is 48.0 Å². The van der Waals surface area contributed by atoms with Crippen LogP contribution in [0.1, 0.15) is 52.9 Å². The topological polar surface area (TPSA) is 48.5 Å². The van der Waals surface area contributed by atoms with Gasteiger partial charge in [-0.05, 0) is 56.5 Å². The number of alkyl halides is 3. The van der Waals surface area contributed by atoms with Gasteiger partial charge < -0.3 is 15.1 Å². The van der Waals surface area contributed by atoms with Crippen molar-refractivity contribution in [1.82, 2.24) is 15.2 Å². The van der Waals surface area contributed by atoms with Crippen LogP contribution in [0, 0.1) is 0 Å². The zero-order valence-electron chi connectivity index (χ0n) is 17.3. The van der Waals surface area contributed by atoms with E-state index >= 15 is 0 Å². The molecule has 0 aliphatic carbocycles. The van der Waals surface area contributed by atoms with Crippen LogP contribution in [0.2, 0.25) is 0 Å². The first-order valence-corrected chi connectivity index (χ1v) is 11.6. The summed E-state index contributed by atoms with van der Waals surface area (Å²) in [5.74, 6) is -0.315. The van der Waals surface area contributed by atoms with Gasteiger partial charge in [-0.2, -0.15) is 13.2 Å². The maximum absolute atomic E-state index is 12.8. The number of piperidine rings is 2. The van der Waals surface area contributed by atoms with Gasteiger partial charge in [0, 0.05) is 25.7 Å². The van der Waals surface area contributed by atoms with Crippen molar-refractivity contribution in [2.24, 2.45) is 0 Å². The van der Waals surface area contributed by atoms with E-state index in [0.717, 1.165) is 43.2 Å². The highest BCUT2D eigenvalue weighted by Gasteiger charge is 2.30. The number of nitrogens with one attached hydrogen (secondary N) is 1. The van der Waals surface area contributed by atoms with Crippen LogP contribution >= 0.6 is 11.3 Å². The number of hydrogen-bond donors (Lipinski definition) is 1. The second kappa shape index (κ2) is 9.56. The summed E-state index contributed by atoms with van der Waals surface area (Å²) in [6.07, 6.45) is 3.31. The molecule has 1 aromatic carbocycles. The van der Waals surface area contributed by atoms with E-state index in [-0.39, 0.29) is 12.5 Å². The van der Waals surface area contributed by atoms with Gasteiger partial charge in [0.25, 0.3) is 5.91 Å². The maximum Gasteiger partial charge on any atom is 0.416 e. The Bertz CT molecular complexity index is 887. The minimum atomic E-state index is -4.39. The van der Waals surface area contributed by atoms with Gasteiger partial charge in [-0.3, -0.25) is 4.79 Å². The molecule has 3 heterocycles. The summed E-state index contributed by atoms with van der Waals surface area (Å²) in [4.78, 5) is 22.2. The number of carbonyl (C=O) groups excluding carboxylic acids is 1. The second-order valence-corrected chi connectivity index (χ2v) is 9.21. The van der Waals surface area contributed by atoms with E-state index < -0.39 is 11.7 Å². The summed E-state index contributed by atoms with van der Waals surface area (Å²) in [6.45, 7) is 4.31. The third-order valence-electron chi connectivity index (χ3n) is 6.07. The van der Waals surface area contributed by atoms with Gasteiger partial charge in [-0.15, -0.1) is 0 Å². The van der Waals surface area contributed by atoms with Gasteiger partial charge in [0.05, 0.1) is 11.8 Å². The molecule has 1 N–H and O–H groups in total. The Morgan fingerprint density at radius 2 is 1.87 bits per heavy atom. The first kappa shape index (κ1) is 22.1. The minimum Gasteiger partial charge on any atom is -0.348 e. The summed E-state index contributed by atoms with van der Waals surface area (Å²) in [6, 6.07) is 5.65. The van der Waals surface area contributed by atoms with Crippen molar-refractivity contribution < 1.29 is 18.0 Å². The fourth-order valence-corrected chi connectivity index (χ4v) is 5.23. The molecule has 0 saturated carbocycles. The number of thiazole rings is 1. The van der Waals surface area contributed by atoms with Crippen LogP contribution < -0.4 is 10.2 Å². The Labute approximate surface area is 184 Å². The fourth-order valence-electron chi connectivity index (χ4n) is 4.35. The molecule has 0 unspecified atom stereocenters. The minimum absolute atomic E-state index is 0.0389. The van der Waals surface area contributed by atoms with Crippen LogP contribution in [0.25, 0.3) is 0 Å². The zero-order chi connectivity index (χ0) is 21.8. The predicted octanol–water partition coefficient (Wildman–Crippen LogP) is 4.55. The molecule has 2 aliphatic heterocycles. The van der Waals surface area contributed by atoms with E-state index in [1.165, 1.54) is 49.8 Å². The molecule has 2 aliphatic rings. The molecule has 2 aromatic rings. The standard InChI is InChI=1S/C22H27F3N4OS/c23-22(24,25)17-6-4-5-16(13-17)14-26-20(30)19-15-27-21(31-19)29-11-7-18(8-12-29)28-9-2-1-3-10-28/h4-6,13,15,18H,1-3,7-12,14H2,(H,26,30). The average Bonchev–Trinajstić information content (AvgIpc) is 3.28. The molecule has 2 saturated heterocycles. The normalized spacial score (nSPS) is 18.9. The molecule has 9 heteroatoms. The number of halogens is 3. The molecule has 168 valence electrons. The number of benzene rings is 1. The number of hydrogen-bond acceptors (Lipinski definition) is 5. The van der Waals surface area contributed by atoms with Gasteiger partial charge in [-0.25, -0.2) is 4.98 Å². The number of nitrogens with zero attached hydrogens (tertiary/aromatic N) is 3. The Morgan fingerprint density at radius 1 is 1.13 bits per heavy atom. The first-order chi connectivity index (χ1) is 14.9. The van der Waals surface area contributed by atoms with Crippen molar-refractivity contribution in [3.8, 4) is 0 Å². The number of rotatable bonds is 5. The van der Waals surface area contributed by atoms with Gasteiger partial charge in [-0.1, -0.05) is 29.9 Å². The van der Waals surface area contributed by atoms with Gasteiger partial charge >= 0.3 is 6.18 Å². The lowest BCUT2D eigenvalue weighted by Crippen LogP contribution is -2.46. The molecule has 0 radical (unpaired) electrons. The highest BCUT2D eigenvalue weighted by atomic mass is 32.1. The van der Waals surface area contributed by atoms with Crippen LogP contribution in [0.15, 0.2) is 30.5 Å². The zero-order valence-corrected chi connectivity index (χ0v) is 18.1. The number of aromatic nitrogens is 1. The smallest absolute Gasteiger partial charge is 0.348 e. The third kappa shape index (κ3) is 5.57. The largest absolute Gasteiger partial charge is 0.416 e. The van der Waals surface area contributed by atoms with Crippen molar-refractivity contribution >= 4 is 22.4 Å². The van der Waals surface area contributed by atoms with E-state index in [1.54, 1.807) is 12.3 Å². The summed E-state index contributed by atoms with van der Waals surface area (Å²) in [5.41, 5.74) is -0.306. The monoisotopic (exact) mass is 452 g/mol. The molecule has 2 fully saturated rings. The van der Waals surface area contributed by atoms with Crippen LogP contribution in [0.4, 0.5) is 18.3 Å². The van der Waals surface area contributed by atoms with E-state index in [0.29, 0.717) is 16.5 Å². The second-order valence-electron chi connectivity index (χ2n) is 8.20. The molecule has 0 spiro atoms. The van der Waals surface area contributed by atoms with Crippen molar-refractivity contribution in [1.29, 1.82) is 0 Å². The number of likely N-dealkylation sites (tertiary alicyclic amines) is 1. The van der Waals surface area contributed by atoms with Crippen LogP contribution in [-0.2, 0) is 12.7 Å². The number of amides is 1. The third-order valence-corrected chi connectivity index (χ3v) is 7.12. The lowest BCUT2D eigenvalue weighted by Gasteiger charge is -2.40. The molecule has 31 heavy (non-hydrogen) atoms. The van der Waals surface area contributed by atoms with Crippen molar-refractivity contribution in [3.63, 3.8) is 0 Å². The first-order valence-electron chi connectivity index (χ1n) is 10.8. The van der Waals surface area contributed by atoms with Crippen molar-refractivity contribution in [2.45, 2.75) is 50.9 Å². The molecular weight excluding hydrogens is 425 g/mol. The number of anilines is 1. The SMILES string of the molecule is O=C(NCc1cccc(C(F)(F)F)c1)c1cnc(N2CCC(N3CCCCC3)CC2)s1. The molecule has 5 nitrogen and oxygen atoms in total. The maximum atomic E-state index is 12.8. The molecule has 4 rings (SSSR count). The molecule has 1 aromatic heterocycles. The Balaban J connectivity index is 1.29. The highest BCUT2D eigenvalue weighted by molar-refractivity contribution is 7.17. The van der Waals surface area contributed by atoms with Crippen molar-refractivity contribution in [2.75, 3.05) is 31.1 Å². The van der Waals surface area contributed by atoms with Gasteiger partial charge in [0.15, 0.2) is 5.13 Å². The number of carbonyl (C=O) groups is 1.